The summed E-state index contributed by atoms with van der Waals surface area (Å²) in [7, 11) is 1.95. The van der Waals surface area contributed by atoms with Gasteiger partial charge in [-0.05, 0) is 71.0 Å². The van der Waals surface area contributed by atoms with Gasteiger partial charge in [-0.2, -0.15) is 5.26 Å². The summed E-state index contributed by atoms with van der Waals surface area (Å²) in [6.07, 6.45) is 7.32. The van der Waals surface area contributed by atoms with Crippen LogP contribution in [0.15, 0.2) is 0 Å². The molecule has 0 aromatic rings. The van der Waals surface area contributed by atoms with E-state index in [4.69, 9.17) is 0 Å². The summed E-state index contributed by atoms with van der Waals surface area (Å²) in [5.74, 6) is 1.36. The van der Waals surface area contributed by atoms with Crippen LogP contribution in [0.4, 0.5) is 0 Å². The maximum Gasteiger partial charge on any atom is 0.109 e. The Morgan fingerprint density at radius 3 is 2.79 bits per heavy atom. The van der Waals surface area contributed by atoms with Crippen LogP contribution in [0.3, 0.4) is 0 Å². The van der Waals surface area contributed by atoms with E-state index in [0.717, 1.165) is 12.3 Å². The van der Waals surface area contributed by atoms with Crippen molar-refractivity contribution in [1.82, 2.24) is 10.2 Å². The summed E-state index contributed by atoms with van der Waals surface area (Å²) in [5, 5.41) is 12.8. The normalized spacial score (nSPS) is 40.2. The van der Waals surface area contributed by atoms with Crippen molar-refractivity contribution in [3.63, 3.8) is 0 Å². The molecule has 0 aromatic heterocycles. The third-order valence-corrected chi connectivity index (χ3v) is 5.74. The highest BCUT2D eigenvalue weighted by Gasteiger charge is 2.42. The van der Waals surface area contributed by atoms with Gasteiger partial charge in [-0.25, -0.2) is 0 Å². The molecule has 2 aliphatic rings. The Morgan fingerprint density at radius 2 is 2.11 bits per heavy atom. The first-order valence-corrected chi connectivity index (χ1v) is 7.97. The van der Waals surface area contributed by atoms with E-state index in [0.29, 0.717) is 12.0 Å². The van der Waals surface area contributed by atoms with E-state index in [2.05, 4.69) is 30.1 Å². The van der Waals surface area contributed by atoms with Crippen molar-refractivity contribution in [2.24, 2.45) is 11.8 Å². The van der Waals surface area contributed by atoms with Crippen LogP contribution in [0.5, 0.6) is 0 Å². The molecule has 1 aliphatic carbocycles. The molecular formula is C16H29N3. The van der Waals surface area contributed by atoms with Crippen molar-refractivity contribution in [3.8, 4) is 6.07 Å². The Balaban J connectivity index is 1.90. The summed E-state index contributed by atoms with van der Waals surface area (Å²) < 4.78 is 0. The Hall–Kier alpha value is -0.590. The van der Waals surface area contributed by atoms with Crippen LogP contribution >= 0.6 is 0 Å². The molecule has 0 radical (unpaired) electrons. The third-order valence-electron chi connectivity index (χ3n) is 5.74. The molecule has 0 spiro atoms. The summed E-state index contributed by atoms with van der Waals surface area (Å²) in [6, 6.07) is 3.26. The van der Waals surface area contributed by atoms with Crippen LogP contribution in [0, 0.1) is 23.2 Å². The number of piperidine rings is 1. The molecule has 2 fully saturated rings. The molecule has 3 nitrogen and oxygen atoms in total. The molecule has 0 amide bonds. The molecule has 4 unspecified atom stereocenters. The SMILES string of the molecule is CNC1(C#N)CCCC1CCN1CCCC(C)C1C. The molecule has 2 rings (SSSR count). The van der Waals surface area contributed by atoms with Crippen LogP contribution in [0.25, 0.3) is 0 Å². The number of nitrogens with one attached hydrogen (secondary N) is 1. The lowest BCUT2D eigenvalue weighted by molar-refractivity contribution is 0.102. The number of nitrogens with zero attached hydrogens (tertiary/aromatic N) is 2. The fourth-order valence-electron chi connectivity index (χ4n) is 4.06. The monoisotopic (exact) mass is 263 g/mol. The predicted molar refractivity (Wildman–Crippen MR) is 78.8 cm³/mol. The molecule has 4 atom stereocenters. The van der Waals surface area contributed by atoms with E-state index >= 15 is 0 Å². The number of likely N-dealkylation sites (tertiary alicyclic amines) is 1. The summed E-state index contributed by atoms with van der Waals surface area (Å²) in [5.41, 5.74) is -0.245. The molecule has 1 saturated carbocycles. The van der Waals surface area contributed by atoms with Crippen LogP contribution in [-0.2, 0) is 0 Å². The zero-order valence-corrected chi connectivity index (χ0v) is 12.8. The van der Waals surface area contributed by atoms with Gasteiger partial charge in [0.25, 0.3) is 0 Å². The predicted octanol–water partition coefficient (Wildman–Crippen LogP) is 2.78. The first-order chi connectivity index (χ1) is 9.13. The highest BCUT2D eigenvalue weighted by molar-refractivity contribution is 5.13. The smallest absolute Gasteiger partial charge is 0.109 e. The average molecular weight is 263 g/mol. The van der Waals surface area contributed by atoms with Crippen molar-refractivity contribution >= 4 is 0 Å². The highest BCUT2D eigenvalue weighted by Crippen LogP contribution is 2.37. The molecule has 3 heteroatoms. The first-order valence-electron chi connectivity index (χ1n) is 7.97. The Morgan fingerprint density at radius 1 is 1.32 bits per heavy atom. The van der Waals surface area contributed by atoms with Crippen molar-refractivity contribution in [3.05, 3.63) is 0 Å². The van der Waals surface area contributed by atoms with Crippen LogP contribution in [0.1, 0.15) is 52.4 Å². The topological polar surface area (TPSA) is 39.1 Å². The molecule has 19 heavy (non-hydrogen) atoms. The van der Waals surface area contributed by atoms with E-state index in [1.165, 1.54) is 45.2 Å². The van der Waals surface area contributed by atoms with Gasteiger partial charge in [-0.3, -0.25) is 0 Å². The van der Waals surface area contributed by atoms with Crippen LogP contribution in [-0.4, -0.2) is 36.6 Å². The fourth-order valence-corrected chi connectivity index (χ4v) is 4.06. The number of nitriles is 1. The third kappa shape index (κ3) is 2.95. The van der Waals surface area contributed by atoms with Gasteiger partial charge in [0, 0.05) is 6.04 Å². The molecule has 108 valence electrons. The quantitative estimate of drug-likeness (QED) is 0.847. The highest BCUT2D eigenvalue weighted by atomic mass is 15.2. The lowest BCUT2D eigenvalue weighted by Crippen LogP contribution is -2.47. The zero-order valence-electron chi connectivity index (χ0n) is 12.8. The van der Waals surface area contributed by atoms with Gasteiger partial charge >= 0.3 is 0 Å². The Kier molecular flexibility index (Phi) is 4.86. The van der Waals surface area contributed by atoms with E-state index in [9.17, 15) is 5.26 Å². The lowest BCUT2D eigenvalue weighted by Gasteiger charge is -2.39. The molecule has 1 heterocycles. The van der Waals surface area contributed by atoms with Gasteiger partial charge in [0.05, 0.1) is 6.07 Å². The minimum Gasteiger partial charge on any atom is -0.302 e. The summed E-state index contributed by atoms with van der Waals surface area (Å²) in [4.78, 5) is 2.64. The number of hydrogen-bond acceptors (Lipinski definition) is 3. The maximum absolute atomic E-state index is 9.49. The van der Waals surface area contributed by atoms with E-state index < -0.39 is 0 Å². The van der Waals surface area contributed by atoms with Gasteiger partial charge in [-0.1, -0.05) is 13.3 Å². The minimum atomic E-state index is -0.245. The average Bonchev–Trinajstić information content (AvgIpc) is 2.84. The lowest BCUT2D eigenvalue weighted by atomic mass is 9.85. The van der Waals surface area contributed by atoms with Gasteiger partial charge in [-0.15, -0.1) is 0 Å². The summed E-state index contributed by atoms with van der Waals surface area (Å²) >= 11 is 0. The van der Waals surface area contributed by atoms with Gasteiger partial charge in [0.1, 0.15) is 5.54 Å². The first kappa shape index (κ1) is 14.8. The maximum atomic E-state index is 9.49. The van der Waals surface area contributed by atoms with Crippen molar-refractivity contribution in [1.29, 1.82) is 5.26 Å². The number of rotatable bonds is 4. The molecule has 0 bridgehead atoms. The van der Waals surface area contributed by atoms with E-state index in [1.54, 1.807) is 0 Å². The van der Waals surface area contributed by atoms with Gasteiger partial charge in [0.15, 0.2) is 0 Å². The second-order valence-electron chi connectivity index (χ2n) is 6.61. The largest absolute Gasteiger partial charge is 0.302 e. The van der Waals surface area contributed by atoms with Gasteiger partial charge in [0.2, 0.25) is 0 Å². The second-order valence-corrected chi connectivity index (χ2v) is 6.61. The van der Waals surface area contributed by atoms with Crippen LogP contribution < -0.4 is 5.32 Å². The Bertz CT molecular complexity index is 335. The number of hydrogen-bond donors (Lipinski definition) is 1. The van der Waals surface area contributed by atoms with E-state index in [-0.39, 0.29) is 5.54 Å². The minimum absolute atomic E-state index is 0.245. The van der Waals surface area contributed by atoms with E-state index in [1.807, 2.05) is 7.05 Å². The fraction of sp³-hybridized carbons (Fsp3) is 0.938. The molecule has 0 aromatic carbocycles. The standard InChI is InChI=1S/C16H29N3/c1-13-6-5-10-19(14(13)2)11-8-15-7-4-9-16(15,12-17)18-3/h13-15,18H,4-11H2,1-3H3. The van der Waals surface area contributed by atoms with Crippen LogP contribution in [0.2, 0.25) is 0 Å². The second kappa shape index (κ2) is 6.24. The Labute approximate surface area is 118 Å². The van der Waals surface area contributed by atoms with Gasteiger partial charge < -0.3 is 10.2 Å². The van der Waals surface area contributed by atoms with Crippen molar-refractivity contribution in [2.75, 3.05) is 20.1 Å². The molecular weight excluding hydrogens is 234 g/mol. The van der Waals surface area contributed by atoms with Crippen molar-refractivity contribution < 1.29 is 0 Å². The summed E-state index contributed by atoms with van der Waals surface area (Å²) in [6.45, 7) is 7.16. The molecule has 1 N–H and O–H groups in total. The molecule has 1 aliphatic heterocycles. The zero-order chi connectivity index (χ0) is 13.9. The molecule has 1 saturated heterocycles. The van der Waals surface area contributed by atoms with Crippen molar-refractivity contribution in [2.45, 2.75) is 64.0 Å².